The highest BCUT2D eigenvalue weighted by molar-refractivity contribution is 5.97. The smallest absolute Gasteiger partial charge is 0.204 e. The minimum absolute atomic E-state index is 0.0812. The van der Waals surface area contributed by atoms with E-state index in [9.17, 15) is 15.0 Å². The van der Waals surface area contributed by atoms with Crippen LogP contribution < -0.4 is 15.9 Å². The SMILES string of the molecule is Cc1ccc(-c2coc3c4c(c(CCN)c(O)c3c2=O)OC(C)(C)C=C4)cc1O. The number of hydrogen-bond acceptors (Lipinski definition) is 6. The molecule has 6 nitrogen and oxygen atoms in total. The van der Waals surface area contributed by atoms with Crippen molar-refractivity contribution in [2.24, 2.45) is 5.73 Å². The van der Waals surface area contributed by atoms with Crippen LogP contribution in [0.5, 0.6) is 17.2 Å². The lowest BCUT2D eigenvalue weighted by Crippen LogP contribution is -2.28. The number of nitrogens with two attached hydrogens (primary N) is 1. The molecule has 0 radical (unpaired) electrons. The maximum Gasteiger partial charge on any atom is 0.204 e. The average molecular weight is 393 g/mol. The number of phenols is 2. The Hall–Kier alpha value is -3.25. The molecule has 6 heteroatoms. The summed E-state index contributed by atoms with van der Waals surface area (Å²) in [6, 6.07) is 4.96. The normalized spacial score (nSPS) is 14.6. The molecule has 0 bridgehead atoms. The van der Waals surface area contributed by atoms with E-state index in [4.69, 9.17) is 14.9 Å². The second kappa shape index (κ2) is 6.67. The third-order valence-electron chi connectivity index (χ3n) is 5.21. The number of rotatable bonds is 3. The minimum atomic E-state index is -0.559. The van der Waals surface area contributed by atoms with Crippen LogP contribution >= 0.6 is 0 Å². The molecule has 2 heterocycles. The predicted molar refractivity (Wildman–Crippen MR) is 112 cm³/mol. The number of phenolic OH excluding ortho intramolecular Hbond substituents is 2. The van der Waals surface area contributed by atoms with E-state index in [1.165, 1.54) is 12.3 Å². The first-order valence-corrected chi connectivity index (χ1v) is 9.45. The summed E-state index contributed by atoms with van der Waals surface area (Å²) in [6.07, 6.45) is 5.43. The van der Waals surface area contributed by atoms with Gasteiger partial charge in [0.25, 0.3) is 0 Å². The molecule has 29 heavy (non-hydrogen) atoms. The number of aromatic hydroxyl groups is 2. The van der Waals surface area contributed by atoms with Crippen molar-refractivity contribution in [1.29, 1.82) is 0 Å². The van der Waals surface area contributed by atoms with E-state index < -0.39 is 5.60 Å². The van der Waals surface area contributed by atoms with Gasteiger partial charge in [0.05, 0.1) is 11.1 Å². The fraction of sp³-hybridized carbons (Fsp3) is 0.261. The molecule has 150 valence electrons. The third kappa shape index (κ3) is 3.06. The summed E-state index contributed by atoms with van der Waals surface area (Å²) in [5.41, 5.74) is 7.62. The lowest BCUT2D eigenvalue weighted by molar-refractivity contribution is 0.156. The van der Waals surface area contributed by atoms with Crippen molar-refractivity contribution in [3.8, 4) is 28.4 Å². The topological polar surface area (TPSA) is 106 Å². The quantitative estimate of drug-likeness (QED) is 0.624. The zero-order valence-electron chi connectivity index (χ0n) is 16.6. The molecule has 0 aliphatic carbocycles. The van der Waals surface area contributed by atoms with Crippen LogP contribution in [0.2, 0.25) is 0 Å². The van der Waals surface area contributed by atoms with Gasteiger partial charge in [0.1, 0.15) is 34.5 Å². The molecule has 1 aliphatic rings. The van der Waals surface area contributed by atoms with Crippen molar-refractivity contribution in [2.75, 3.05) is 6.54 Å². The van der Waals surface area contributed by atoms with Gasteiger partial charge in [-0.1, -0.05) is 12.1 Å². The summed E-state index contributed by atoms with van der Waals surface area (Å²) in [5, 5.41) is 21.1. The standard InChI is InChI=1S/C23H23NO5/c1-12-4-5-13(10-17(12)25)16-11-28-22-15-6-8-23(2,3)29-21(15)14(7-9-24)19(26)18(22)20(16)27/h4-6,8,10-11,25-26H,7,9,24H2,1-3H3. The first kappa shape index (κ1) is 19.1. The van der Waals surface area contributed by atoms with Crippen molar-refractivity contribution in [2.45, 2.75) is 32.8 Å². The van der Waals surface area contributed by atoms with Crippen LogP contribution in [0.15, 0.2) is 39.7 Å². The van der Waals surface area contributed by atoms with Gasteiger partial charge in [0.2, 0.25) is 5.43 Å². The number of fused-ring (bicyclic) bond motifs is 3. The molecule has 1 aliphatic heterocycles. The molecular weight excluding hydrogens is 370 g/mol. The van der Waals surface area contributed by atoms with Gasteiger partial charge < -0.3 is 25.1 Å². The monoisotopic (exact) mass is 393 g/mol. The van der Waals surface area contributed by atoms with Crippen molar-refractivity contribution in [1.82, 2.24) is 0 Å². The molecule has 0 saturated carbocycles. The molecule has 2 aromatic carbocycles. The Morgan fingerprint density at radius 2 is 1.97 bits per heavy atom. The molecule has 3 aromatic rings. The van der Waals surface area contributed by atoms with Crippen LogP contribution in [0, 0.1) is 6.92 Å². The molecule has 0 fully saturated rings. The Morgan fingerprint density at radius 1 is 1.21 bits per heavy atom. The zero-order valence-corrected chi connectivity index (χ0v) is 16.6. The van der Waals surface area contributed by atoms with E-state index in [0.717, 1.165) is 0 Å². The highest BCUT2D eigenvalue weighted by Crippen LogP contribution is 2.44. The zero-order chi connectivity index (χ0) is 20.9. The summed E-state index contributed by atoms with van der Waals surface area (Å²) in [4.78, 5) is 13.3. The maximum absolute atomic E-state index is 13.3. The summed E-state index contributed by atoms with van der Waals surface area (Å²) < 4.78 is 11.9. The van der Waals surface area contributed by atoms with Gasteiger partial charge in [-0.25, -0.2) is 0 Å². The first-order chi connectivity index (χ1) is 13.7. The van der Waals surface area contributed by atoms with Crippen molar-refractivity contribution in [3.05, 3.63) is 57.5 Å². The molecular formula is C23H23NO5. The Morgan fingerprint density at radius 3 is 2.66 bits per heavy atom. The van der Waals surface area contributed by atoms with E-state index in [-0.39, 0.29) is 40.0 Å². The van der Waals surface area contributed by atoms with E-state index in [0.29, 0.717) is 34.4 Å². The van der Waals surface area contributed by atoms with Crippen LogP contribution in [0.25, 0.3) is 28.2 Å². The van der Waals surface area contributed by atoms with Crippen LogP contribution in [0.4, 0.5) is 0 Å². The fourth-order valence-electron chi connectivity index (χ4n) is 3.61. The number of hydrogen-bond donors (Lipinski definition) is 3. The molecule has 0 atom stereocenters. The summed E-state index contributed by atoms with van der Waals surface area (Å²) >= 11 is 0. The number of ether oxygens (including phenoxy) is 1. The summed E-state index contributed by atoms with van der Waals surface area (Å²) in [7, 11) is 0. The average Bonchev–Trinajstić information content (AvgIpc) is 2.66. The molecule has 0 unspecified atom stereocenters. The predicted octanol–water partition coefficient (Wildman–Crippen LogP) is 3.87. The van der Waals surface area contributed by atoms with Gasteiger partial charge in [0, 0.05) is 5.56 Å². The highest BCUT2D eigenvalue weighted by atomic mass is 16.5. The van der Waals surface area contributed by atoms with E-state index >= 15 is 0 Å². The first-order valence-electron chi connectivity index (χ1n) is 9.45. The molecule has 0 spiro atoms. The third-order valence-corrected chi connectivity index (χ3v) is 5.21. The van der Waals surface area contributed by atoms with E-state index in [1.54, 1.807) is 19.1 Å². The minimum Gasteiger partial charge on any atom is -0.508 e. The second-order valence-electron chi connectivity index (χ2n) is 7.83. The van der Waals surface area contributed by atoms with Crippen molar-refractivity contribution >= 4 is 17.0 Å². The van der Waals surface area contributed by atoms with Gasteiger partial charge in [0.15, 0.2) is 5.58 Å². The highest BCUT2D eigenvalue weighted by Gasteiger charge is 2.30. The lowest BCUT2D eigenvalue weighted by atomic mass is 9.94. The van der Waals surface area contributed by atoms with Gasteiger partial charge >= 0.3 is 0 Å². The Labute approximate surface area is 167 Å². The van der Waals surface area contributed by atoms with Crippen LogP contribution in [-0.4, -0.2) is 22.4 Å². The van der Waals surface area contributed by atoms with Crippen molar-refractivity contribution in [3.63, 3.8) is 0 Å². The van der Waals surface area contributed by atoms with Crippen LogP contribution in [0.1, 0.15) is 30.5 Å². The van der Waals surface area contributed by atoms with Crippen LogP contribution in [0.3, 0.4) is 0 Å². The van der Waals surface area contributed by atoms with Crippen LogP contribution in [-0.2, 0) is 6.42 Å². The number of benzene rings is 2. The Balaban J connectivity index is 2.05. The fourth-order valence-corrected chi connectivity index (χ4v) is 3.61. The summed E-state index contributed by atoms with van der Waals surface area (Å²) in [5.74, 6) is 0.387. The lowest BCUT2D eigenvalue weighted by Gasteiger charge is -2.30. The second-order valence-corrected chi connectivity index (χ2v) is 7.83. The summed E-state index contributed by atoms with van der Waals surface area (Å²) in [6.45, 7) is 5.87. The molecule has 1 aromatic heterocycles. The van der Waals surface area contributed by atoms with Gasteiger partial charge in [-0.15, -0.1) is 0 Å². The van der Waals surface area contributed by atoms with Gasteiger partial charge in [-0.3, -0.25) is 4.79 Å². The Bertz CT molecular complexity index is 1220. The van der Waals surface area contributed by atoms with Gasteiger partial charge in [-0.05, 0) is 63.1 Å². The number of aryl methyl sites for hydroxylation is 1. The molecule has 0 amide bonds. The molecule has 0 saturated heterocycles. The van der Waals surface area contributed by atoms with Crippen molar-refractivity contribution < 1.29 is 19.4 Å². The van der Waals surface area contributed by atoms with E-state index in [1.807, 2.05) is 26.0 Å². The van der Waals surface area contributed by atoms with Gasteiger partial charge in [-0.2, -0.15) is 0 Å². The molecule has 4 N–H and O–H groups in total. The Kier molecular flexibility index (Phi) is 4.39. The molecule has 4 rings (SSSR count). The largest absolute Gasteiger partial charge is 0.508 e. The van der Waals surface area contributed by atoms with E-state index in [2.05, 4.69) is 0 Å². The maximum atomic E-state index is 13.3.